The van der Waals surface area contributed by atoms with E-state index in [1.54, 1.807) is 0 Å². The van der Waals surface area contributed by atoms with Crippen LogP contribution in [-0.2, 0) is 16.4 Å². The van der Waals surface area contributed by atoms with Gasteiger partial charge in [-0.3, -0.25) is 4.79 Å². The minimum Gasteiger partial charge on any atom is -0.481 e. The average molecular weight is 302 g/mol. The zero-order valence-electron chi connectivity index (χ0n) is 11.6. The van der Waals surface area contributed by atoms with Crippen LogP contribution in [0, 0.1) is 0 Å². The molecule has 4 nitrogen and oxygen atoms in total. The third-order valence-corrected chi connectivity index (χ3v) is 4.18. The molecule has 0 saturated carbocycles. The van der Waals surface area contributed by atoms with Crippen LogP contribution in [0.25, 0.3) is 0 Å². The van der Waals surface area contributed by atoms with Crippen molar-refractivity contribution in [2.75, 3.05) is 25.9 Å². The number of hydrogen-bond donors (Lipinski definition) is 2. The Balaban J connectivity index is 2.55. The number of hydrogen-bond acceptors (Lipinski definition) is 3. The minimum atomic E-state index is -4.59. The van der Waals surface area contributed by atoms with Crippen LogP contribution in [0.5, 0.6) is 0 Å². The second kappa shape index (κ2) is 5.22. The summed E-state index contributed by atoms with van der Waals surface area (Å²) >= 11 is 0. The van der Waals surface area contributed by atoms with E-state index in [0.29, 0.717) is 13.1 Å². The molecule has 21 heavy (non-hydrogen) atoms. The van der Waals surface area contributed by atoms with Crippen molar-refractivity contribution >= 4 is 11.7 Å². The summed E-state index contributed by atoms with van der Waals surface area (Å²) < 4.78 is 38.8. The maximum absolute atomic E-state index is 12.9. The van der Waals surface area contributed by atoms with E-state index >= 15 is 0 Å². The van der Waals surface area contributed by atoms with Gasteiger partial charge < -0.3 is 15.7 Å². The van der Waals surface area contributed by atoms with Gasteiger partial charge in [0.2, 0.25) is 0 Å². The van der Waals surface area contributed by atoms with E-state index in [2.05, 4.69) is 0 Å². The number of para-hydroxylation sites is 1. The summed E-state index contributed by atoms with van der Waals surface area (Å²) in [6.45, 7) is 1.00. The molecule has 0 unspecified atom stereocenters. The first kappa shape index (κ1) is 15.6. The lowest BCUT2D eigenvalue weighted by atomic mass is 9.71. The van der Waals surface area contributed by atoms with Crippen molar-refractivity contribution < 1.29 is 23.1 Å². The van der Waals surface area contributed by atoms with E-state index < -0.39 is 28.8 Å². The summed E-state index contributed by atoms with van der Waals surface area (Å²) in [6.07, 6.45) is -4.11. The van der Waals surface area contributed by atoms with Crippen LogP contribution in [0.1, 0.15) is 24.0 Å². The van der Waals surface area contributed by atoms with Crippen LogP contribution in [0.4, 0.5) is 18.9 Å². The molecule has 0 spiro atoms. The predicted octanol–water partition coefficient (Wildman–Crippen LogP) is 2.34. The summed E-state index contributed by atoms with van der Waals surface area (Å²) in [5.41, 5.74) is 2.93. The van der Waals surface area contributed by atoms with Gasteiger partial charge in [0.15, 0.2) is 0 Å². The highest BCUT2D eigenvalue weighted by Crippen LogP contribution is 2.43. The van der Waals surface area contributed by atoms with E-state index in [1.165, 1.54) is 12.1 Å². The molecule has 1 heterocycles. The Morgan fingerprint density at radius 1 is 1.33 bits per heavy atom. The molecule has 0 aliphatic carbocycles. The van der Waals surface area contributed by atoms with Crippen molar-refractivity contribution in [3.63, 3.8) is 0 Å². The van der Waals surface area contributed by atoms with Crippen LogP contribution in [0.2, 0.25) is 0 Å². The molecular formula is C14H17F3N2O2. The fourth-order valence-corrected chi connectivity index (χ4v) is 2.83. The Bertz CT molecular complexity index is 550. The summed E-state index contributed by atoms with van der Waals surface area (Å²) in [5, 5.41) is 9.59. The molecule has 7 heteroatoms. The van der Waals surface area contributed by atoms with Crippen molar-refractivity contribution in [3.8, 4) is 0 Å². The molecular weight excluding hydrogens is 285 g/mol. The van der Waals surface area contributed by atoms with E-state index in [4.69, 9.17) is 5.73 Å². The molecule has 1 saturated heterocycles. The molecule has 0 amide bonds. The van der Waals surface area contributed by atoms with Gasteiger partial charge >= 0.3 is 12.1 Å². The number of aliphatic carboxylic acids is 1. The van der Waals surface area contributed by atoms with Crippen molar-refractivity contribution in [1.29, 1.82) is 0 Å². The first-order valence-electron chi connectivity index (χ1n) is 6.56. The number of alkyl halides is 3. The summed E-state index contributed by atoms with van der Waals surface area (Å²) in [7, 11) is 1.85. The largest absolute Gasteiger partial charge is 0.481 e. The first-order chi connectivity index (χ1) is 9.68. The number of nitrogen functional groups attached to an aromatic ring is 1. The van der Waals surface area contributed by atoms with Gasteiger partial charge in [0, 0.05) is 5.69 Å². The van der Waals surface area contributed by atoms with Crippen LogP contribution < -0.4 is 5.73 Å². The molecule has 1 aliphatic heterocycles. The number of carboxylic acids is 1. The third kappa shape index (κ3) is 2.70. The molecule has 1 aliphatic rings. The number of nitrogens with zero attached hydrogens (tertiary/aromatic N) is 1. The molecule has 2 rings (SSSR count). The molecule has 0 aromatic heterocycles. The number of rotatable bonds is 2. The SMILES string of the molecule is CN1CCC(C(=O)O)(c2cccc(C(F)(F)F)c2N)CC1. The minimum absolute atomic E-state index is 0.0675. The van der Waals surface area contributed by atoms with Crippen LogP contribution in [0.15, 0.2) is 18.2 Å². The Kier molecular flexibility index (Phi) is 3.88. The summed E-state index contributed by atoms with van der Waals surface area (Å²) in [4.78, 5) is 13.7. The van der Waals surface area contributed by atoms with E-state index in [1.807, 2.05) is 11.9 Å². The van der Waals surface area contributed by atoms with Crippen molar-refractivity contribution in [2.45, 2.75) is 24.4 Å². The van der Waals surface area contributed by atoms with Crippen LogP contribution >= 0.6 is 0 Å². The molecule has 0 bridgehead atoms. The van der Waals surface area contributed by atoms with Crippen molar-refractivity contribution in [3.05, 3.63) is 29.3 Å². The smallest absolute Gasteiger partial charge is 0.418 e. The second-order valence-electron chi connectivity index (χ2n) is 5.46. The van der Waals surface area contributed by atoms with Crippen LogP contribution in [0.3, 0.4) is 0 Å². The number of piperidine rings is 1. The van der Waals surface area contributed by atoms with Gasteiger partial charge in [-0.15, -0.1) is 0 Å². The maximum Gasteiger partial charge on any atom is 0.418 e. The number of anilines is 1. The first-order valence-corrected chi connectivity index (χ1v) is 6.56. The lowest BCUT2D eigenvalue weighted by Gasteiger charge is -2.38. The number of benzene rings is 1. The molecule has 1 fully saturated rings. The number of nitrogens with two attached hydrogens (primary N) is 1. The Labute approximate surface area is 120 Å². The fraction of sp³-hybridized carbons (Fsp3) is 0.500. The highest BCUT2D eigenvalue weighted by Gasteiger charge is 2.45. The highest BCUT2D eigenvalue weighted by atomic mass is 19.4. The quantitative estimate of drug-likeness (QED) is 0.823. The standard InChI is InChI=1S/C14H17F3N2O2/c1-19-7-5-13(6-8-19,12(20)21)9-3-2-4-10(11(9)18)14(15,16)17/h2-4H,5-8,18H2,1H3,(H,20,21). The van der Waals surface area contributed by atoms with E-state index in [0.717, 1.165) is 6.07 Å². The van der Waals surface area contributed by atoms with E-state index in [-0.39, 0.29) is 18.4 Å². The fourth-order valence-electron chi connectivity index (χ4n) is 2.83. The molecule has 1 aromatic carbocycles. The van der Waals surface area contributed by atoms with Gasteiger partial charge in [0.05, 0.1) is 11.0 Å². The molecule has 116 valence electrons. The topological polar surface area (TPSA) is 66.6 Å². The lowest BCUT2D eigenvalue weighted by molar-refractivity contribution is -0.146. The molecule has 1 aromatic rings. The predicted molar refractivity (Wildman–Crippen MR) is 71.9 cm³/mol. The van der Waals surface area contributed by atoms with E-state index in [9.17, 15) is 23.1 Å². The van der Waals surface area contributed by atoms with Crippen LogP contribution in [-0.4, -0.2) is 36.1 Å². The second-order valence-corrected chi connectivity index (χ2v) is 5.46. The molecule has 3 N–H and O–H groups in total. The van der Waals surface area contributed by atoms with Crippen molar-refractivity contribution in [1.82, 2.24) is 4.90 Å². The van der Waals surface area contributed by atoms with Gasteiger partial charge in [0.25, 0.3) is 0 Å². The molecule has 0 atom stereocenters. The van der Waals surface area contributed by atoms with Gasteiger partial charge in [0.1, 0.15) is 0 Å². The normalized spacial score (nSPS) is 19.4. The zero-order chi connectivity index (χ0) is 15.8. The Morgan fingerprint density at radius 3 is 2.38 bits per heavy atom. The zero-order valence-corrected chi connectivity index (χ0v) is 11.6. The van der Waals surface area contributed by atoms with Crippen molar-refractivity contribution in [2.24, 2.45) is 0 Å². The Hall–Kier alpha value is -1.76. The number of carboxylic acid groups (broad SMARTS) is 1. The van der Waals surface area contributed by atoms with Gasteiger partial charge in [-0.25, -0.2) is 0 Å². The number of halogens is 3. The highest BCUT2D eigenvalue weighted by molar-refractivity contribution is 5.84. The molecule has 0 radical (unpaired) electrons. The lowest BCUT2D eigenvalue weighted by Crippen LogP contribution is -2.46. The summed E-state index contributed by atoms with van der Waals surface area (Å²) in [6, 6.07) is 3.49. The van der Waals surface area contributed by atoms with Gasteiger partial charge in [-0.1, -0.05) is 12.1 Å². The average Bonchev–Trinajstić information content (AvgIpc) is 2.39. The van der Waals surface area contributed by atoms with Gasteiger partial charge in [-0.05, 0) is 44.6 Å². The maximum atomic E-state index is 12.9. The third-order valence-electron chi connectivity index (χ3n) is 4.18. The number of carbonyl (C=O) groups is 1. The summed E-state index contributed by atoms with van der Waals surface area (Å²) in [5.74, 6) is -1.12. The Morgan fingerprint density at radius 2 is 1.90 bits per heavy atom. The monoisotopic (exact) mass is 302 g/mol. The number of likely N-dealkylation sites (tertiary alicyclic amines) is 1. The van der Waals surface area contributed by atoms with Gasteiger partial charge in [-0.2, -0.15) is 13.2 Å².